The van der Waals surface area contributed by atoms with Crippen LogP contribution in [0.3, 0.4) is 0 Å². The first-order valence-corrected chi connectivity index (χ1v) is 9.50. The zero-order valence-electron chi connectivity index (χ0n) is 13.6. The minimum Gasteiger partial charge on any atom is -0.393 e. The van der Waals surface area contributed by atoms with E-state index in [-0.39, 0.29) is 11.5 Å². The molecule has 0 aromatic heterocycles. The van der Waals surface area contributed by atoms with E-state index in [2.05, 4.69) is 6.92 Å². The highest BCUT2D eigenvalue weighted by Gasteiger charge is 2.15. The fourth-order valence-electron chi connectivity index (χ4n) is 2.19. The van der Waals surface area contributed by atoms with Crippen LogP contribution in [0.1, 0.15) is 57.4 Å². The summed E-state index contributed by atoms with van der Waals surface area (Å²) in [4.78, 5) is 0.159. The van der Waals surface area contributed by atoms with Crippen LogP contribution in [0.5, 0.6) is 0 Å². The van der Waals surface area contributed by atoms with E-state index in [1.165, 1.54) is 31.4 Å². The van der Waals surface area contributed by atoms with Crippen molar-refractivity contribution in [3.05, 3.63) is 29.8 Å². The zero-order chi connectivity index (χ0) is 16.4. The maximum atomic E-state index is 12.0. The Balaban J connectivity index is 2.26. The lowest BCUT2D eigenvalue weighted by Gasteiger charge is -2.11. The van der Waals surface area contributed by atoms with Gasteiger partial charge in [0.1, 0.15) is 0 Å². The summed E-state index contributed by atoms with van der Waals surface area (Å²) in [7, 11) is -3.72. The Labute approximate surface area is 134 Å². The first kappa shape index (κ1) is 19.1. The van der Waals surface area contributed by atoms with Gasteiger partial charge in [0.25, 0.3) is 10.1 Å². The largest absolute Gasteiger partial charge is 0.393 e. The lowest BCUT2D eigenvalue weighted by molar-refractivity contribution is 0.129. The summed E-state index contributed by atoms with van der Waals surface area (Å²) in [6.45, 7) is 4.08. The molecule has 0 spiro atoms. The van der Waals surface area contributed by atoms with Gasteiger partial charge < -0.3 is 5.11 Å². The number of aliphatic hydroxyl groups excluding tert-OH is 1. The van der Waals surface area contributed by atoms with Crippen molar-refractivity contribution in [2.24, 2.45) is 0 Å². The molecule has 0 heterocycles. The molecule has 22 heavy (non-hydrogen) atoms. The van der Waals surface area contributed by atoms with Gasteiger partial charge in [-0.2, -0.15) is 8.42 Å². The van der Waals surface area contributed by atoms with Gasteiger partial charge in [-0.3, -0.25) is 4.18 Å². The van der Waals surface area contributed by atoms with Crippen LogP contribution in [-0.4, -0.2) is 26.2 Å². The third kappa shape index (κ3) is 7.38. The minimum absolute atomic E-state index is 0.0202. The lowest BCUT2D eigenvalue weighted by atomic mass is 10.1. The molecule has 0 fully saturated rings. The SMILES string of the molecule is CCCCCCCC(O)CCOS(=O)(=O)c1ccc(C)cc1. The summed E-state index contributed by atoms with van der Waals surface area (Å²) < 4.78 is 28.9. The highest BCUT2D eigenvalue weighted by molar-refractivity contribution is 7.86. The molecule has 1 N–H and O–H groups in total. The molecule has 1 unspecified atom stereocenters. The summed E-state index contributed by atoms with van der Waals surface area (Å²) in [5.41, 5.74) is 0.998. The molecule has 0 radical (unpaired) electrons. The summed E-state index contributed by atoms with van der Waals surface area (Å²) in [5, 5.41) is 9.83. The lowest BCUT2D eigenvalue weighted by Crippen LogP contribution is -2.14. The molecular formula is C17H28O4S. The van der Waals surface area contributed by atoms with Crippen LogP contribution in [0.15, 0.2) is 29.2 Å². The summed E-state index contributed by atoms with van der Waals surface area (Å²) in [5.74, 6) is 0. The second kappa shape index (κ2) is 9.98. The smallest absolute Gasteiger partial charge is 0.296 e. The van der Waals surface area contributed by atoms with Gasteiger partial charge in [0.05, 0.1) is 17.6 Å². The van der Waals surface area contributed by atoms with Crippen molar-refractivity contribution in [2.45, 2.75) is 69.8 Å². The van der Waals surface area contributed by atoms with Crippen LogP contribution in [-0.2, 0) is 14.3 Å². The van der Waals surface area contributed by atoms with Crippen molar-refractivity contribution in [3.63, 3.8) is 0 Å². The molecule has 0 aliphatic heterocycles. The molecular weight excluding hydrogens is 300 g/mol. The average molecular weight is 328 g/mol. The van der Waals surface area contributed by atoms with E-state index in [4.69, 9.17) is 4.18 Å². The maximum Gasteiger partial charge on any atom is 0.296 e. The normalized spacial score (nSPS) is 13.2. The van der Waals surface area contributed by atoms with Crippen LogP contribution < -0.4 is 0 Å². The van der Waals surface area contributed by atoms with E-state index >= 15 is 0 Å². The van der Waals surface area contributed by atoms with Crippen LogP contribution in [0, 0.1) is 6.92 Å². The van der Waals surface area contributed by atoms with E-state index < -0.39 is 16.2 Å². The second-order valence-corrected chi connectivity index (χ2v) is 7.35. The highest BCUT2D eigenvalue weighted by Crippen LogP contribution is 2.15. The van der Waals surface area contributed by atoms with E-state index in [1.54, 1.807) is 12.1 Å². The van der Waals surface area contributed by atoms with Crippen molar-refractivity contribution in [1.29, 1.82) is 0 Å². The Kier molecular flexibility index (Phi) is 8.68. The first-order chi connectivity index (χ1) is 10.5. The van der Waals surface area contributed by atoms with Crippen LogP contribution in [0.4, 0.5) is 0 Å². The quantitative estimate of drug-likeness (QED) is 0.495. The molecule has 0 aliphatic rings. The third-order valence-electron chi connectivity index (χ3n) is 3.64. The maximum absolute atomic E-state index is 12.0. The van der Waals surface area contributed by atoms with Gasteiger partial charge in [0, 0.05) is 0 Å². The number of aliphatic hydroxyl groups is 1. The van der Waals surface area contributed by atoms with Crippen LogP contribution >= 0.6 is 0 Å². The van der Waals surface area contributed by atoms with Crippen molar-refractivity contribution in [1.82, 2.24) is 0 Å². The molecule has 1 rings (SSSR count). The highest BCUT2D eigenvalue weighted by atomic mass is 32.2. The molecule has 1 aromatic carbocycles. The van der Waals surface area contributed by atoms with E-state index in [1.807, 2.05) is 6.92 Å². The van der Waals surface area contributed by atoms with Crippen molar-refractivity contribution < 1.29 is 17.7 Å². The number of hydrogen-bond acceptors (Lipinski definition) is 4. The molecule has 0 aliphatic carbocycles. The Morgan fingerprint density at radius 1 is 1.05 bits per heavy atom. The fourth-order valence-corrected chi connectivity index (χ4v) is 3.12. The predicted molar refractivity (Wildman–Crippen MR) is 88.3 cm³/mol. The van der Waals surface area contributed by atoms with E-state index in [9.17, 15) is 13.5 Å². The van der Waals surface area contributed by atoms with E-state index in [0.29, 0.717) is 12.8 Å². The van der Waals surface area contributed by atoms with E-state index in [0.717, 1.165) is 18.4 Å². The van der Waals surface area contributed by atoms with Gasteiger partial charge in [0.2, 0.25) is 0 Å². The second-order valence-electron chi connectivity index (χ2n) is 5.73. The first-order valence-electron chi connectivity index (χ1n) is 8.10. The summed E-state index contributed by atoms with van der Waals surface area (Å²) >= 11 is 0. The number of rotatable bonds is 11. The van der Waals surface area contributed by atoms with Crippen LogP contribution in [0.2, 0.25) is 0 Å². The topological polar surface area (TPSA) is 63.6 Å². The summed E-state index contributed by atoms with van der Waals surface area (Å²) in [6.07, 6.45) is 6.29. The molecule has 0 amide bonds. The monoisotopic (exact) mass is 328 g/mol. The van der Waals surface area contributed by atoms with Crippen molar-refractivity contribution >= 4 is 10.1 Å². The Morgan fingerprint density at radius 2 is 1.68 bits per heavy atom. The zero-order valence-corrected chi connectivity index (χ0v) is 14.4. The molecule has 0 saturated carbocycles. The van der Waals surface area contributed by atoms with Gasteiger partial charge in [-0.05, 0) is 31.9 Å². The number of benzene rings is 1. The average Bonchev–Trinajstić information content (AvgIpc) is 2.47. The molecule has 1 atom stereocenters. The molecule has 4 nitrogen and oxygen atoms in total. The molecule has 126 valence electrons. The molecule has 0 bridgehead atoms. The van der Waals surface area contributed by atoms with Gasteiger partial charge in [-0.15, -0.1) is 0 Å². The predicted octanol–water partition coefficient (Wildman–Crippen LogP) is 3.81. The fraction of sp³-hybridized carbons (Fsp3) is 0.647. The molecule has 1 aromatic rings. The summed E-state index contributed by atoms with van der Waals surface area (Å²) in [6, 6.07) is 6.55. The third-order valence-corrected chi connectivity index (χ3v) is 4.97. The number of hydrogen-bond donors (Lipinski definition) is 1. The van der Waals surface area contributed by atoms with Gasteiger partial charge in [-0.1, -0.05) is 56.7 Å². The molecule has 5 heteroatoms. The minimum atomic E-state index is -3.72. The molecule has 0 saturated heterocycles. The Hall–Kier alpha value is -0.910. The Bertz CT molecular complexity index is 508. The van der Waals surface area contributed by atoms with Gasteiger partial charge in [-0.25, -0.2) is 0 Å². The van der Waals surface area contributed by atoms with Crippen LogP contribution in [0.25, 0.3) is 0 Å². The van der Waals surface area contributed by atoms with Gasteiger partial charge >= 0.3 is 0 Å². The van der Waals surface area contributed by atoms with Gasteiger partial charge in [0.15, 0.2) is 0 Å². The standard InChI is InChI=1S/C17H28O4S/c1-3-4-5-6-7-8-16(18)13-14-21-22(19,20)17-11-9-15(2)10-12-17/h9-12,16,18H,3-8,13-14H2,1-2H3. The number of unbranched alkanes of at least 4 members (excludes halogenated alkanes) is 4. The Morgan fingerprint density at radius 3 is 2.32 bits per heavy atom. The van der Waals surface area contributed by atoms with Crippen molar-refractivity contribution in [2.75, 3.05) is 6.61 Å². The number of aryl methyl sites for hydroxylation is 1. The van der Waals surface area contributed by atoms with Crippen molar-refractivity contribution in [3.8, 4) is 0 Å².